The van der Waals surface area contributed by atoms with Gasteiger partial charge in [-0.05, 0) is 48.9 Å². The second-order valence-electron chi connectivity index (χ2n) is 4.33. The van der Waals surface area contributed by atoms with Crippen molar-refractivity contribution in [2.24, 2.45) is 10.9 Å². The Kier molecular flexibility index (Phi) is 4.83. The first-order chi connectivity index (χ1) is 9.97. The summed E-state index contributed by atoms with van der Waals surface area (Å²) in [6.45, 7) is 1.84. The molecule has 2 rings (SSSR count). The van der Waals surface area contributed by atoms with Gasteiger partial charge in [-0.1, -0.05) is 34.4 Å². The fourth-order valence-electron chi connectivity index (χ4n) is 1.54. The van der Waals surface area contributed by atoms with Gasteiger partial charge in [-0.15, -0.1) is 0 Å². The molecular weight excluding hydrogens is 311 g/mol. The molecule has 2 aromatic carbocycles. The molecule has 0 aromatic heterocycles. The fraction of sp³-hybridized carbons (Fsp3) is 0.0667. The fourth-order valence-corrected chi connectivity index (χ4v) is 1.84. The van der Waals surface area contributed by atoms with E-state index in [0.717, 1.165) is 5.56 Å². The number of nitrogens with two attached hydrogens (primary N) is 1. The highest BCUT2D eigenvalue weighted by Crippen LogP contribution is 2.17. The van der Waals surface area contributed by atoms with Crippen LogP contribution < -0.4 is 5.73 Å². The van der Waals surface area contributed by atoms with Crippen LogP contribution in [0.5, 0.6) is 0 Å². The summed E-state index contributed by atoms with van der Waals surface area (Å²) < 4.78 is 0. The molecule has 2 aromatic rings. The molecule has 108 valence electrons. The Morgan fingerprint density at radius 1 is 1.10 bits per heavy atom. The minimum absolute atomic E-state index is 0.0817. The summed E-state index contributed by atoms with van der Waals surface area (Å²) in [7, 11) is 0. The molecule has 0 atom stereocenters. The molecule has 4 nitrogen and oxygen atoms in total. The monoisotopic (exact) mass is 322 g/mol. The molecule has 0 aliphatic heterocycles. The maximum absolute atomic E-state index is 11.8. The number of rotatable bonds is 3. The van der Waals surface area contributed by atoms with Gasteiger partial charge in [0.2, 0.25) is 0 Å². The molecule has 21 heavy (non-hydrogen) atoms. The molecular formula is C15H12Cl2N2O2. The first kappa shape index (κ1) is 15.4. The van der Waals surface area contributed by atoms with Gasteiger partial charge in [0.05, 0.1) is 5.56 Å². The maximum atomic E-state index is 11.8. The standard InChI is InChI=1S/C15H12Cl2N2O2/c1-9-2-3-11(8-13(9)17)15(20)21-19-14(18)10-4-6-12(16)7-5-10/h2-8H,1H3,(H2,18,19). The Morgan fingerprint density at radius 3 is 2.33 bits per heavy atom. The Morgan fingerprint density at radius 2 is 1.71 bits per heavy atom. The number of carbonyl (C=O) groups is 1. The van der Waals surface area contributed by atoms with E-state index in [4.69, 9.17) is 33.8 Å². The number of halogens is 2. The summed E-state index contributed by atoms with van der Waals surface area (Å²) in [5, 5.41) is 4.68. The molecule has 0 amide bonds. The summed E-state index contributed by atoms with van der Waals surface area (Å²) in [5.74, 6) is -0.549. The average Bonchev–Trinajstić information content (AvgIpc) is 2.48. The van der Waals surface area contributed by atoms with Gasteiger partial charge in [0.25, 0.3) is 0 Å². The lowest BCUT2D eigenvalue weighted by Gasteiger charge is -2.03. The van der Waals surface area contributed by atoms with E-state index in [-0.39, 0.29) is 5.84 Å². The average molecular weight is 323 g/mol. The van der Waals surface area contributed by atoms with Gasteiger partial charge in [-0.2, -0.15) is 0 Å². The normalized spacial score (nSPS) is 11.3. The van der Waals surface area contributed by atoms with Gasteiger partial charge < -0.3 is 10.6 Å². The third kappa shape index (κ3) is 3.97. The van der Waals surface area contributed by atoms with Crippen molar-refractivity contribution in [2.45, 2.75) is 6.92 Å². The largest absolute Gasteiger partial charge is 0.380 e. The van der Waals surface area contributed by atoms with Crippen LogP contribution in [-0.2, 0) is 4.84 Å². The maximum Gasteiger partial charge on any atom is 0.365 e. The van der Waals surface area contributed by atoms with Crippen LogP contribution in [0, 0.1) is 6.92 Å². The Hall–Kier alpha value is -2.04. The van der Waals surface area contributed by atoms with Crippen molar-refractivity contribution in [1.82, 2.24) is 0 Å². The van der Waals surface area contributed by atoms with Crippen molar-refractivity contribution >= 4 is 35.0 Å². The predicted octanol–water partition coefficient (Wildman–Crippen LogP) is 3.78. The highest BCUT2D eigenvalue weighted by Gasteiger charge is 2.09. The van der Waals surface area contributed by atoms with Crippen LogP contribution in [0.1, 0.15) is 21.5 Å². The molecule has 0 saturated carbocycles. The van der Waals surface area contributed by atoms with Crippen molar-refractivity contribution in [3.8, 4) is 0 Å². The lowest BCUT2D eigenvalue weighted by molar-refractivity contribution is 0.0516. The van der Waals surface area contributed by atoms with Crippen molar-refractivity contribution in [2.75, 3.05) is 0 Å². The van der Waals surface area contributed by atoms with Crippen LogP contribution in [-0.4, -0.2) is 11.8 Å². The van der Waals surface area contributed by atoms with Crippen LogP contribution in [0.3, 0.4) is 0 Å². The third-order valence-electron chi connectivity index (χ3n) is 2.77. The van der Waals surface area contributed by atoms with E-state index in [1.165, 1.54) is 6.07 Å². The number of hydrogen-bond donors (Lipinski definition) is 1. The van der Waals surface area contributed by atoms with Crippen molar-refractivity contribution in [1.29, 1.82) is 0 Å². The third-order valence-corrected chi connectivity index (χ3v) is 3.43. The number of hydrogen-bond acceptors (Lipinski definition) is 3. The van der Waals surface area contributed by atoms with Gasteiger partial charge in [-0.3, -0.25) is 0 Å². The van der Waals surface area contributed by atoms with Gasteiger partial charge in [-0.25, -0.2) is 4.79 Å². The number of oxime groups is 1. The van der Waals surface area contributed by atoms with Crippen LogP contribution in [0.2, 0.25) is 10.0 Å². The van der Waals surface area contributed by atoms with E-state index in [2.05, 4.69) is 5.16 Å². The number of aryl methyl sites for hydroxylation is 1. The topological polar surface area (TPSA) is 64.7 Å². The molecule has 0 aliphatic carbocycles. The lowest BCUT2D eigenvalue weighted by Crippen LogP contribution is -2.15. The van der Waals surface area contributed by atoms with E-state index >= 15 is 0 Å². The zero-order valence-corrected chi connectivity index (χ0v) is 12.7. The number of amidine groups is 1. The number of benzene rings is 2. The van der Waals surface area contributed by atoms with E-state index in [1.807, 2.05) is 6.92 Å². The Labute approximate surface area is 132 Å². The zero-order chi connectivity index (χ0) is 15.4. The Bertz CT molecular complexity index is 697. The molecule has 0 bridgehead atoms. The lowest BCUT2D eigenvalue weighted by atomic mass is 10.1. The number of nitrogens with zero attached hydrogens (tertiary/aromatic N) is 1. The minimum atomic E-state index is -0.631. The summed E-state index contributed by atoms with van der Waals surface area (Å²) in [5.41, 5.74) is 7.51. The van der Waals surface area contributed by atoms with Crippen molar-refractivity contribution in [3.63, 3.8) is 0 Å². The van der Waals surface area contributed by atoms with E-state index in [9.17, 15) is 4.79 Å². The van der Waals surface area contributed by atoms with Crippen molar-refractivity contribution in [3.05, 3.63) is 69.2 Å². The van der Waals surface area contributed by atoms with Gasteiger partial charge >= 0.3 is 5.97 Å². The van der Waals surface area contributed by atoms with Gasteiger partial charge in [0.1, 0.15) is 0 Å². The summed E-state index contributed by atoms with van der Waals surface area (Å²) in [6.07, 6.45) is 0. The van der Waals surface area contributed by atoms with Crippen LogP contribution in [0.4, 0.5) is 0 Å². The summed E-state index contributed by atoms with van der Waals surface area (Å²) in [4.78, 5) is 16.6. The molecule has 0 unspecified atom stereocenters. The molecule has 0 heterocycles. The smallest absolute Gasteiger partial charge is 0.365 e. The SMILES string of the molecule is Cc1ccc(C(=O)O/N=C(/N)c2ccc(Cl)cc2)cc1Cl. The van der Waals surface area contributed by atoms with E-state index in [1.54, 1.807) is 36.4 Å². The van der Waals surface area contributed by atoms with Crippen molar-refractivity contribution < 1.29 is 9.63 Å². The first-order valence-electron chi connectivity index (χ1n) is 6.04. The highest BCUT2D eigenvalue weighted by molar-refractivity contribution is 6.31. The molecule has 0 aliphatic rings. The molecule has 6 heteroatoms. The molecule has 0 saturated heterocycles. The molecule has 2 N–H and O–H groups in total. The van der Waals surface area contributed by atoms with E-state index in [0.29, 0.717) is 21.2 Å². The van der Waals surface area contributed by atoms with Crippen LogP contribution >= 0.6 is 23.2 Å². The van der Waals surface area contributed by atoms with Crippen LogP contribution in [0.15, 0.2) is 47.6 Å². The van der Waals surface area contributed by atoms with E-state index < -0.39 is 5.97 Å². The van der Waals surface area contributed by atoms with Gasteiger partial charge in [0.15, 0.2) is 5.84 Å². The zero-order valence-electron chi connectivity index (χ0n) is 11.1. The molecule has 0 fully saturated rings. The number of carbonyl (C=O) groups excluding carboxylic acids is 1. The molecule has 0 radical (unpaired) electrons. The molecule has 0 spiro atoms. The Balaban J connectivity index is 2.10. The summed E-state index contributed by atoms with van der Waals surface area (Å²) in [6, 6.07) is 11.5. The first-order valence-corrected chi connectivity index (χ1v) is 6.80. The predicted molar refractivity (Wildman–Crippen MR) is 83.8 cm³/mol. The second-order valence-corrected chi connectivity index (χ2v) is 5.17. The minimum Gasteiger partial charge on any atom is -0.380 e. The highest BCUT2D eigenvalue weighted by atomic mass is 35.5. The quantitative estimate of drug-likeness (QED) is 0.405. The van der Waals surface area contributed by atoms with Crippen LogP contribution in [0.25, 0.3) is 0 Å². The second kappa shape index (κ2) is 6.61. The van der Waals surface area contributed by atoms with Gasteiger partial charge in [0, 0.05) is 15.6 Å². The summed E-state index contributed by atoms with van der Waals surface area (Å²) >= 11 is 11.7.